The first-order chi connectivity index (χ1) is 7.18. The highest BCUT2D eigenvalue weighted by atomic mass is 19.1. The number of benzene rings is 1. The van der Waals surface area contributed by atoms with Gasteiger partial charge in [-0.1, -0.05) is 0 Å². The van der Waals surface area contributed by atoms with Crippen LogP contribution < -0.4 is 5.73 Å². The Morgan fingerprint density at radius 2 is 2.00 bits per heavy atom. The topological polar surface area (TPSA) is 38.9 Å². The van der Waals surface area contributed by atoms with E-state index in [2.05, 4.69) is 4.98 Å². The highest BCUT2D eigenvalue weighted by Gasteiger charge is 2.07. The molecule has 2 aromatic rings. The summed E-state index contributed by atoms with van der Waals surface area (Å²) >= 11 is 0. The van der Waals surface area contributed by atoms with E-state index in [9.17, 15) is 4.39 Å². The molecule has 1 aromatic carbocycles. The van der Waals surface area contributed by atoms with E-state index in [1.807, 2.05) is 6.92 Å². The fraction of sp³-hybridized carbons (Fsp3) is 0.0833. The Morgan fingerprint density at radius 1 is 1.20 bits per heavy atom. The Labute approximate surface area is 87.6 Å². The Balaban J connectivity index is 2.60. The zero-order chi connectivity index (χ0) is 10.8. The smallest absolute Gasteiger partial charge is 0.133 e. The molecule has 76 valence electrons. The molecule has 0 unspecified atom stereocenters. The maximum Gasteiger partial charge on any atom is 0.133 e. The number of rotatable bonds is 1. The van der Waals surface area contributed by atoms with Crippen LogP contribution in [0.25, 0.3) is 11.1 Å². The minimum atomic E-state index is -0.302. The molecule has 0 bridgehead atoms. The minimum absolute atomic E-state index is 0.302. The van der Waals surface area contributed by atoms with Gasteiger partial charge in [0.05, 0.1) is 0 Å². The third-order valence-corrected chi connectivity index (χ3v) is 2.30. The van der Waals surface area contributed by atoms with Crippen LogP contribution in [-0.4, -0.2) is 4.98 Å². The van der Waals surface area contributed by atoms with Crippen molar-refractivity contribution in [3.8, 4) is 11.1 Å². The van der Waals surface area contributed by atoms with Crippen molar-refractivity contribution >= 4 is 5.69 Å². The molecule has 2 N–H and O–H groups in total. The van der Waals surface area contributed by atoms with Gasteiger partial charge in [-0.25, -0.2) is 4.39 Å². The number of halogens is 1. The quantitative estimate of drug-likeness (QED) is 0.722. The number of pyridine rings is 1. The van der Waals surface area contributed by atoms with Gasteiger partial charge in [-0.3, -0.25) is 4.98 Å². The summed E-state index contributed by atoms with van der Waals surface area (Å²) in [5.41, 5.74) is 8.28. The van der Waals surface area contributed by atoms with Crippen molar-refractivity contribution in [3.05, 3.63) is 48.0 Å². The molecule has 1 aromatic heterocycles. The van der Waals surface area contributed by atoms with Gasteiger partial charge in [0.25, 0.3) is 0 Å². The van der Waals surface area contributed by atoms with Crippen LogP contribution in [0.2, 0.25) is 0 Å². The maximum atomic E-state index is 13.6. The maximum absolute atomic E-state index is 13.6. The molecule has 1 heterocycles. The van der Waals surface area contributed by atoms with E-state index in [1.54, 1.807) is 30.6 Å². The van der Waals surface area contributed by atoms with E-state index in [0.717, 1.165) is 11.1 Å². The van der Waals surface area contributed by atoms with Crippen molar-refractivity contribution in [2.75, 3.05) is 5.73 Å². The van der Waals surface area contributed by atoms with E-state index in [1.165, 1.54) is 6.07 Å². The van der Waals surface area contributed by atoms with Crippen molar-refractivity contribution in [1.29, 1.82) is 0 Å². The Morgan fingerprint density at radius 3 is 2.67 bits per heavy atom. The summed E-state index contributed by atoms with van der Waals surface area (Å²) in [4.78, 5) is 3.97. The lowest BCUT2D eigenvalue weighted by molar-refractivity contribution is 0.632. The van der Waals surface area contributed by atoms with Crippen LogP contribution in [0.5, 0.6) is 0 Å². The van der Waals surface area contributed by atoms with Gasteiger partial charge < -0.3 is 5.73 Å². The normalized spacial score (nSPS) is 10.3. The first-order valence-electron chi connectivity index (χ1n) is 4.64. The molecule has 0 spiro atoms. The van der Waals surface area contributed by atoms with E-state index in [0.29, 0.717) is 11.3 Å². The Hall–Kier alpha value is -1.90. The van der Waals surface area contributed by atoms with Gasteiger partial charge in [0, 0.05) is 23.6 Å². The average Bonchev–Trinajstić information content (AvgIpc) is 2.20. The van der Waals surface area contributed by atoms with Gasteiger partial charge in [0.2, 0.25) is 0 Å². The predicted molar refractivity (Wildman–Crippen MR) is 58.8 cm³/mol. The first-order valence-corrected chi connectivity index (χ1v) is 4.64. The van der Waals surface area contributed by atoms with Crippen LogP contribution >= 0.6 is 0 Å². The molecular weight excluding hydrogens is 191 g/mol. The summed E-state index contributed by atoms with van der Waals surface area (Å²) in [5, 5.41) is 0. The monoisotopic (exact) mass is 202 g/mol. The van der Waals surface area contributed by atoms with Crippen LogP contribution in [-0.2, 0) is 0 Å². The van der Waals surface area contributed by atoms with Crippen LogP contribution in [0.1, 0.15) is 5.56 Å². The highest BCUT2D eigenvalue weighted by Crippen LogP contribution is 2.26. The molecule has 0 amide bonds. The van der Waals surface area contributed by atoms with Crippen LogP contribution in [0.15, 0.2) is 36.7 Å². The molecule has 0 aliphatic rings. The number of hydrogen-bond acceptors (Lipinski definition) is 2. The fourth-order valence-corrected chi connectivity index (χ4v) is 1.53. The van der Waals surface area contributed by atoms with E-state index >= 15 is 0 Å². The number of hydrogen-bond donors (Lipinski definition) is 1. The van der Waals surface area contributed by atoms with Gasteiger partial charge in [0.1, 0.15) is 5.82 Å². The largest absolute Gasteiger partial charge is 0.399 e. The zero-order valence-corrected chi connectivity index (χ0v) is 8.37. The highest BCUT2D eigenvalue weighted by molar-refractivity contribution is 5.68. The number of nitrogen functional groups attached to an aromatic ring is 1. The van der Waals surface area contributed by atoms with Gasteiger partial charge in [-0.2, -0.15) is 0 Å². The number of nitrogens with zero attached hydrogens (tertiary/aromatic N) is 1. The molecule has 0 fully saturated rings. The van der Waals surface area contributed by atoms with Gasteiger partial charge in [0.15, 0.2) is 0 Å². The molecule has 0 saturated carbocycles. The molecule has 0 saturated heterocycles. The molecule has 0 aliphatic heterocycles. The molecule has 0 atom stereocenters. The summed E-state index contributed by atoms with van der Waals surface area (Å²) in [6.07, 6.45) is 3.36. The van der Waals surface area contributed by atoms with Gasteiger partial charge >= 0.3 is 0 Å². The van der Waals surface area contributed by atoms with Crippen molar-refractivity contribution in [1.82, 2.24) is 4.98 Å². The fourth-order valence-electron chi connectivity index (χ4n) is 1.53. The Bertz CT molecular complexity index is 495. The predicted octanol–water partition coefficient (Wildman–Crippen LogP) is 2.78. The molecule has 0 aliphatic carbocycles. The van der Waals surface area contributed by atoms with Crippen molar-refractivity contribution in [3.63, 3.8) is 0 Å². The van der Waals surface area contributed by atoms with E-state index < -0.39 is 0 Å². The molecule has 15 heavy (non-hydrogen) atoms. The lowest BCUT2D eigenvalue weighted by Gasteiger charge is -2.06. The summed E-state index contributed by atoms with van der Waals surface area (Å²) in [7, 11) is 0. The minimum Gasteiger partial charge on any atom is -0.399 e. The second-order valence-corrected chi connectivity index (χ2v) is 3.43. The standard InChI is InChI=1S/C12H11FN2/c1-8-7-15-5-4-10(8)11-3-2-9(14)6-12(11)13/h2-7H,14H2,1H3. The van der Waals surface area contributed by atoms with Gasteiger partial charge in [-0.15, -0.1) is 0 Å². The summed E-state index contributed by atoms with van der Waals surface area (Å²) < 4.78 is 13.6. The van der Waals surface area contributed by atoms with Crippen LogP contribution in [0.3, 0.4) is 0 Å². The lowest BCUT2D eigenvalue weighted by Crippen LogP contribution is -1.91. The lowest BCUT2D eigenvalue weighted by atomic mass is 10.0. The second kappa shape index (κ2) is 3.69. The van der Waals surface area contributed by atoms with Gasteiger partial charge in [-0.05, 0) is 42.3 Å². The summed E-state index contributed by atoms with van der Waals surface area (Å²) in [6, 6.07) is 6.50. The van der Waals surface area contributed by atoms with E-state index in [-0.39, 0.29) is 5.82 Å². The second-order valence-electron chi connectivity index (χ2n) is 3.43. The molecule has 0 radical (unpaired) electrons. The van der Waals surface area contributed by atoms with E-state index in [4.69, 9.17) is 5.73 Å². The number of aryl methyl sites for hydroxylation is 1. The molecular formula is C12H11FN2. The SMILES string of the molecule is Cc1cnccc1-c1ccc(N)cc1F. The summed E-state index contributed by atoms with van der Waals surface area (Å²) in [6.45, 7) is 1.90. The van der Waals surface area contributed by atoms with Crippen LogP contribution in [0.4, 0.5) is 10.1 Å². The average molecular weight is 202 g/mol. The third kappa shape index (κ3) is 1.81. The molecule has 2 nitrogen and oxygen atoms in total. The number of aromatic nitrogens is 1. The first kappa shape index (κ1) is 9.65. The zero-order valence-electron chi connectivity index (χ0n) is 8.37. The number of anilines is 1. The van der Waals surface area contributed by atoms with Crippen molar-refractivity contribution < 1.29 is 4.39 Å². The summed E-state index contributed by atoms with van der Waals surface area (Å²) in [5.74, 6) is -0.302. The molecule has 2 rings (SSSR count). The van der Waals surface area contributed by atoms with Crippen molar-refractivity contribution in [2.45, 2.75) is 6.92 Å². The van der Waals surface area contributed by atoms with Crippen LogP contribution in [0, 0.1) is 12.7 Å². The number of nitrogens with two attached hydrogens (primary N) is 1. The third-order valence-electron chi connectivity index (χ3n) is 2.30. The van der Waals surface area contributed by atoms with Crippen molar-refractivity contribution in [2.24, 2.45) is 0 Å². The Kier molecular flexibility index (Phi) is 2.37. The molecule has 3 heteroatoms.